The molecule has 0 heterocycles. The van der Waals surface area contributed by atoms with Crippen molar-refractivity contribution in [3.05, 3.63) is 71.8 Å². The summed E-state index contributed by atoms with van der Waals surface area (Å²) in [5.41, 5.74) is 22.7. The fourth-order valence-corrected chi connectivity index (χ4v) is 8.76. The first kappa shape index (κ1) is 81.7. The second kappa shape index (κ2) is 42.1. The number of carboxylic acids is 5. The van der Waals surface area contributed by atoms with Crippen molar-refractivity contribution in [2.24, 2.45) is 33.8 Å². The van der Waals surface area contributed by atoms with E-state index in [9.17, 15) is 107 Å². The number of hydrogen-bond acceptors (Lipinski definition) is 20. The van der Waals surface area contributed by atoms with E-state index in [1.165, 1.54) is 13.8 Å². The number of aliphatic carboxylic acids is 5. The summed E-state index contributed by atoms with van der Waals surface area (Å²) in [5, 5.41) is 82.1. The molecule has 0 aliphatic heterocycles. The van der Waals surface area contributed by atoms with Crippen LogP contribution in [0.15, 0.2) is 65.7 Å². The van der Waals surface area contributed by atoms with Crippen LogP contribution in [0, 0.1) is 5.92 Å². The number of guanidine groups is 1. The van der Waals surface area contributed by atoms with Gasteiger partial charge in [0.15, 0.2) is 5.96 Å². The monoisotopic (exact) mass is 1370 g/mol. The lowest BCUT2D eigenvalue weighted by Crippen LogP contribution is -2.61. The molecule has 0 aromatic heterocycles. The van der Waals surface area contributed by atoms with E-state index in [0.29, 0.717) is 11.1 Å². The fourth-order valence-electron chi connectivity index (χ4n) is 8.76. The van der Waals surface area contributed by atoms with Crippen LogP contribution in [0.25, 0.3) is 0 Å². The summed E-state index contributed by atoms with van der Waals surface area (Å²) < 4.78 is 0. The molecule has 97 heavy (non-hydrogen) atoms. The van der Waals surface area contributed by atoms with E-state index in [4.69, 9.17) is 28.0 Å². The number of carbonyl (C=O) groups excluding carboxylic acids is 12. The molecule has 0 saturated heterocycles. The van der Waals surface area contributed by atoms with Crippen molar-refractivity contribution in [3.63, 3.8) is 0 Å². The van der Waals surface area contributed by atoms with Gasteiger partial charge < -0.3 is 112 Å². The van der Waals surface area contributed by atoms with Gasteiger partial charge in [0.1, 0.15) is 60.9 Å². The van der Waals surface area contributed by atoms with Gasteiger partial charge >= 0.3 is 29.8 Å². The van der Waals surface area contributed by atoms with Crippen molar-refractivity contribution in [2.45, 2.75) is 145 Å². The number of nitrogens with zero attached hydrogens (tertiary/aromatic N) is 1. The Kier molecular flexibility index (Phi) is 35.4. The lowest BCUT2D eigenvalue weighted by atomic mass is 9.96. The van der Waals surface area contributed by atoms with Crippen molar-refractivity contribution >= 4 is 107 Å². The molecule has 2 aromatic carbocycles. The Morgan fingerprint density at radius 1 is 0.433 bits per heavy atom. The number of benzene rings is 2. The minimum Gasteiger partial charge on any atom is -0.481 e. The van der Waals surface area contributed by atoms with E-state index in [-0.39, 0.29) is 32.2 Å². The van der Waals surface area contributed by atoms with Gasteiger partial charge in [0.2, 0.25) is 70.9 Å². The maximum atomic E-state index is 14.2. The molecule has 39 nitrogen and oxygen atoms in total. The van der Waals surface area contributed by atoms with Crippen LogP contribution in [0.1, 0.15) is 82.8 Å². The van der Waals surface area contributed by atoms with Crippen LogP contribution >= 0.6 is 0 Å². The first-order valence-corrected chi connectivity index (χ1v) is 29.8. The lowest BCUT2D eigenvalue weighted by Gasteiger charge is -2.29. The maximum absolute atomic E-state index is 14.2. The largest absolute Gasteiger partial charge is 0.481 e. The SMILES string of the molecule is CC[C@H](C)[C@H](NC(=O)[C@H](CCC(=O)O)NC(=O)[C@H](CC(=O)O)NC(=O)[C@H](Cc1ccccc1)NC(=O)[C@@H](N)CC(N)=O)C(=O)N[C@@H](CC(=O)O)C(=O)N[C@@H](CCCN=C(N)N)C(=O)N[C@@H](CO)C(=O)NCC(=O)N[C@@H](Cc1ccccc1)C(=O)N[C@@H](CC(=O)O)C(=O)NCC(=O)O. The van der Waals surface area contributed by atoms with E-state index in [0.717, 1.165) is 0 Å². The summed E-state index contributed by atoms with van der Waals surface area (Å²) in [4.78, 5) is 224. The summed E-state index contributed by atoms with van der Waals surface area (Å²) in [6, 6.07) is -2.34. The third kappa shape index (κ3) is 31.9. The Hall–Kier alpha value is -11.4. The number of hydrogen-bond donors (Lipinski definition) is 21. The number of amides is 12. The van der Waals surface area contributed by atoms with Crippen LogP contribution in [0.5, 0.6) is 0 Å². The number of aliphatic hydroxyl groups is 1. The summed E-state index contributed by atoms with van der Waals surface area (Å²) in [6.45, 7) is -0.344. The molecule has 0 spiro atoms. The zero-order valence-corrected chi connectivity index (χ0v) is 52.6. The van der Waals surface area contributed by atoms with Crippen LogP contribution in [0.4, 0.5) is 0 Å². The Balaban J connectivity index is 2.43. The standard InChI is InChI=1S/C58H82N16O23/c1-3-28(2)47(74-52(92)33(16-17-42(78)79)68-55(95)37(23-44(82)83)71-54(94)35(20-30-13-8-5-9-14-30)69-48(88)31(59)21-40(60)76)57(97)72-38(24-45(84)85)56(96)67-32(15-10-18-63-58(61)62)51(91)73-39(27-75)50(90)64-25-41(77)66-34(19-29-11-6-4-7-12-29)53(93)70-36(22-43(80)81)49(89)65-26-46(86)87/h4-9,11-14,28,31-39,47,75H,3,10,15-27,59H2,1-2H3,(H2,60,76)(H,64,90)(H,65,89)(H,66,77)(H,67,96)(H,68,95)(H,69,88)(H,70,93)(H,71,94)(H,72,97)(H,73,91)(H,74,92)(H,78,79)(H,80,81)(H,82,83)(H,84,85)(H,86,87)(H4,61,62,63)/t28-,31-,32-,33-,34-,35-,36-,37-,38-,39-,47-/m0/s1. The molecule has 0 radical (unpaired) electrons. The number of nitrogens with one attached hydrogen (secondary N) is 11. The molecule has 25 N–H and O–H groups in total. The molecule has 11 atom stereocenters. The topological polar surface area (TPSA) is 660 Å². The minimum atomic E-state index is -2.11. The smallest absolute Gasteiger partial charge is 0.322 e. The van der Waals surface area contributed by atoms with Gasteiger partial charge in [0.25, 0.3) is 0 Å². The highest BCUT2D eigenvalue weighted by Crippen LogP contribution is 2.13. The van der Waals surface area contributed by atoms with E-state index >= 15 is 0 Å². The van der Waals surface area contributed by atoms with Gasteiger partial charge in [-0.25, -0.2) is 0 Å². The number of carboxylic acid groups (broad SMARTS) is 5. The van der Waals surface area contributed by atoms with E-state index < -0.39 is 238 Å². The van der Waals surface area contributed by atoms with Crippen LogP contribution in [-0.2, 0) is 94.3 Å². The first-order valence-electron chi connectivity index (χ1n) is 29.8. The second-order valence-corrected chi connectivity index (χ2v) is 21.8. The number of nitrogens with two attached hydrogens (primary N) is 4. The predicted molar refractivity (Wildman–Crippen MR) is 333 cm³/mol. The van der Waals surface area contributed by atoms with Gasteiger partial charge in [0.05, 0.1) is 44.9 Å². The van der Waals surface area contributed by atoms with Crippen LogP contribution in [0.3, 0.4) is 0 Å². The van der Waals surface area contributed by atoms with E-state index in [1.54, 1.807) is 60.7 Å². The molecular weight excluding hydrogens is 1290 g/mol. The van der Waals surface area contributed by atoms with Gasteiger partial charge in [0, 0.05) is 25.8 Å². The molecule has 0 saturated carbocycles. The van der Waals surface area contributed by atoms with Crippen LogP contribution in [-0.4, -0.2) is 224 Å². The molecule has 532 valence electrons. The molecule has 0 unspecified atom stereocenters. The summed E-state index contributed by atoms with van der Waals surface area (Å²) in [6.07, 6.45) is -6.69. The maximum Gasteiger partial charge on any atom is 0.322 e. The van der Waals surface area contributed by atoms with Crippen molar-refractivity contribution in [3.8, 4) is 0 Å². The van der Waals surface area contributed by atoms with Gasteiger partial charge in [-0.1, -0.05) is 80.9 Å². The number of aliphatic imine (C=N–C) groups is 1. The van der Waals surface area contributed by atoms with Crippen LogP contribution in [0.2, 0.25) is 0 Å². The first-order chi connectivity index (χ1) is 45.6. The quantitative estimate of drug-likeness (QED) is 0.0166. The Morgan fingerprint density at radius 3 is 1.27 bits per heavy atom. The molecule has 2 aromatic rings. The predicted octanol–water partition coefficient (Wildman–Crippen LogP) is -8.26. The highest BCUT2D eigenvalue weighted by Gasteiger charge is 2.38. The van der Waals surface area contributed by atoms with E-state index in [1.807, 2.05) is 5.32 Å². The molecule has 2 rings (SSSR count). The minimum absolute atomic E-state index is 0.0477. The number of aliphatic hydroxyl groups excluding tert-OH is 1. The number of carbonyl (C=O) groups is 17. The third-order valence-corrected chi connectivity index (χ3v) is 13.9. The summed E-state index contributed by atoms with van der Waals surface area (Å²) in [7, 11) is 0. The van der Waals surface area contributed by atoms with Gasteiger partial charge in [-0.15, -0.1) is 0 Å². The van der Waals surface area contributed by atoms with E-state index in [2.05, 4.69) is 58.2 Å². The summed E-state index contributed by atoms with van der Waals surface area (Å²) >= 11 is 0. The highest BCUT2D eigenvalue weighted by molar-refractivity contribution is 6.01. The molecular formula is C58H82N16O23. The third-order valence-electron chi connectivity index (χ3n) is 13.9. The average Bonchev–Trinajstić information content (AvgIpc) is 0.950. The Morgan fingerprint density at radius 2 is 0.825 bits per heavy atom. The fraction of sp³-hybridized carbons (Fsp3) is 0.483. The van der Waals surface area contributed by atoms with Crippen molar-refractivity contribution < 1.29 is 112 Å². The Bertz CT molecular complexity index is 3170. The second-order valence-electron chi connectivity index (χ2n) is 21.8. The van der Waals surface area contributed by atoms with Crippen molar-refractivity contribution in [1.29, 1.82) is 0 Å². The van der Waals surface area contributed by atoms with Crippen molar-refractivity contribution in [2.75, 3.05) is 26.2 Å². The van der Waals surface area contributed by atoms with Crippen molar-refractivity contribution in [1.82, 2.24) is 58.5 Å². The normalized spacial score (nSPS) is 14.1. The van der Waals surface area contributed by atoms with Gasteiger partial charge in [-0.05, 0) is 36.3 Å². The Labute approximate surface area is 552 Å². The molecule has 12 amide bonds. The number of rotatable bonds is 45. The van der Waals surface area contributed by atoms with Gasteiger partial charge in [-0.2, -0.15) is 0 Å². The average molecular weight is 1370 g/mol. The highest BCUT2D eigenvalue weighted by atomic mass is 16.4. The van der Waals surface area contributed by atoms with Crippen LogP contribution < -0.4 is 81.4 Å². The molecule has 0 bridgehead atoms. The molecule has 0 aliphatic carbocycles. The van der Waals surface area contributed by atoms with Gasteiger partial charge in [-0.3, -0.25) is 86.5 Å². The zero-order valence-electron chi connectivity index (χ0n) is 52.6. The lowest BCUT2D eigenvalue weighted by molar-refractivity contribution is -0.143. The number of primary amides is 1. The summed E-state index contributed by atoms with van der Waals surface area (Å²) in [5.74, 6) is -23.7. The molecule has 0 fully saturated rings. The molecule has 39 heteroatoms. The molecule has 0 aliphatic rings. The zero-order chi connectivity index (χ0) is 73.1.